The predicted molar refractivity (Wildman–Crippen MR) is 74.4 cm³/mol. The molecule has 0 unspecified atom stereocenters. The topological polar surface area (TPSA) is 55.4 Å². The second-order valence-electron chi connectivity index (χ2n) is 4.82. The fourth-order valence-electron chi connectivity index (χ4n) is 2.86. The number of benzene rings is 2. The molecule has 100 valence electrons. The van der Waals surface area contributed by atoms with Crippen molar-refractivity contribution in [2.45, 2.75) is 12.1 Å². The molecule has 0 aromatic heterocycles. The minimum atomic E-state index is -3.29. The van der Waals surface area contributed by atoms with E-state index < -0.39 is 10.0 Å². The van der Waals surface area contributed by atoms with Crippen molar-refractivity contribution < 1.29 is 13.2 Å². The highest BCUT2D eigenvalue weighted by Gasteiger charge is 2.35. The van der Waals surface area contributed by atoms with Crippen molar-refractivity contribution in [2.24, 2.45) is 0 Å². The van der Waals surface area contributed by atoms with Crippen molar-refractivity contribution >= 4 is 20.8 Å². The van der Waals surface area contributed by atoms with Gasteiger partial charge in [-0.25, -0.2) is 13.1 Å². The Morgan fingerprint density at radius 2 is 1.74 bits per heavy atom. The fraction of sp³-hybridized carbons (Fsp3) is 0.286. The first kappa shape index (κ1) is 12.6. The summed E-state index contributed by atoms with van der Waals surface area (Å²) in [6.45, 7) is 0. The van der Waals surface area contributed by atoms with Crippen LogP contribution < -0.4 is 4.72 Å². The number of methoxy groups -OCH3 is 1. The van der Waals surface area contributed by atoms with Gasteiger partial charge < -0.3 is 4.74 Å². The molecule has 0 aliphatic heterocycles. The summed E-state index contributed by atoms with van der Waals surface area (Å²) in [5.74, 6) is 0. The minimum Gasteiger partial charge on any atom is -0.375 e. The maximum absolute atomic E-state index is 11.6. The Morgan fingerprint density at radius 3 is 2.32 bits per heavy atom. The van der Waals surface area contributed by atoms with Gasteiger partial charge in [-0.1, -0.05) is 36.4 Å². The third kappa shape index (κ3) is 2.04. The van der Waals surface area contributed by atoms with E-state index >= 15 is 0 Å². The minimum absolute atomic E-state index is 0.282. The molecule has 0 bridgehead atoms. The summed E-state index contributed by atoms with van der Waals surface area (Å²) in [5, 5.41) is 2.20. The lowest BCUT2D eigenvalue weighted by molar-refractivity contribution is 0.0813. The van der Waals surface area contributed by atoms with E-state index in [1.54, 1.807) is 7.11 Å². The van der Waals surface area contributed by atoms with E-state index in [1.807, 2.05) is 36.4 Å². The highest BCUT2D eigenvalue weighted by atomic mass is 32.2. The van der Waals surface area contributed by atoms with Gasteiger partial charge in [0.25, 0.3) is 0 Å². The van der Waals surface area contributed by atoms with E-state index in [1.165, 1.54) is 6.26 Å². The zero-order chi connectivity index (χ0) is 13.6. The molecule has 2 aromatic carbocycles. The Morgan fingerprint density at radius 1 is 1.11 bits per heavy atom. The van der Waals surface area contributed by atoms with Crippen molar-refractivity contribution in [3.05, 3.63) is 47.5 Å². The zero-order valence-electron chi connectivity index (χ0n) is 10.8. The molecule has 1 N–H and O–H groups in total. The molecule has 0 fully saturated rings. The molecule has 19 heavy (non-hydrogen) atoms. The average molecular weight is 277 g/mol. The molecule has 0 heterocycles. The van der Waals surface area contributed by atoms with Crippen molar-refractivity contribution in [3.8, 4) is 0 Å². The maximum atomic E-state index is 11.6. The Labute approximate surface area is 112 Å². The van der Waals surface area contributed by atoms with Crippen molar-refractivity contribution in [2.75, 3.05) is 13.4 Å². The van der Waals surface area contributed by atoms with Gasteiger partial charge in [-0.15, -0.1) is 0 Å². The van der Waals surface area contributed by atoms with Gasteiger partial charge >= 0.3 is 0 Å². The molecular weight excluding hydrogens is 262 g/mol. The molecule has 2 aromatic rings. The monoisotopic (exact) mass is 277 g/mol. The van der Waals surface area contributed by atoms with E-state index in [0.29, 0.717) is 0 Å². The van der Waals surface area contributed by atoms with Crippen LogP contribution in [0.3, 0.4) is 0 Å². The molecule has 0 saturated carbocycles. The van der Waals surface area contributed by atoms with E-state index in [2.05, 4.69) is 4.72 Å². The summed E-state index contributed by atoms with van der Waals surface area (Å²) in [6.07, 6.45) is 0.888. The predicted octanol–water partition coefficient (Wildman–Crippen LogP) is 2.13. The van der Waals surface area contributed by atoms with Gasteiger partial charge in [0, 0.05) is 7.11 Å². The molecule has 0 amide bonds. The first-order valence-corrected chi connectivity index (χ1v) is 7.92. The smallest absolute Gasteiger partial charge is 0.209 e. The molecule has 0 saturated heterocycles. The van der Waals surface area contributed by atoms with Crippen molar-refractivity contribution in [3.63, 3.8) is 0 Å². The van der Waals surface area contributed by atoms with Gasteiger partial charge in [0.1, 0.15) is 6.10 Å². The Bertz CT molecular complexity index is 734. The number of ether oxygens (including phenoxy) is 1. The van der Waals surface area contributed by atoms with Gasteiger partial charge in [0.05, 0.1) is 12.3 Å². The molecule has 3 rings (SSSR count). The van der Waals surface area contributed by atoms with E-state index in [0.717, 1.165) is 21.9 Å². The number of hydrogen-bond donors (Lipinski definition) is 1. The summed E-state index contributed by atoms with van der Waals surface area (Å²) >= 11 is 0. The van der Waals surface area contributed by atoms with Crippen LogP contribution in [0.2, 0.25) is 0 Å². The average Bonchev–Trinajstić information content (AvgIpc) is 2.64. The summed E-state index contributed by atoms with van der Waals surface area (Å²) < 4.78 is 31.3. The summed E-state index contributed by atoms with van der Waals surface area (Å²) in [6, 6.07) is 11.5. The van der Waals surface area contributed by atoms with Gasteiger partial charge in [-0.2, -0.15) is 0 Å². The highest BCUT2D eigenvalue weighted by molar-refractivity contribution is 7.88. The molecule has 0 radical (unpaired) electrons. The van der Waals surface area contributed by atoms with E-state index in [9.17, 15) is 8.42 Å². The summed E-state index contributed by atoms with van der Waals surface area (Å²) in [7, 11) is -1.69. The van der Waals surface area contributed by atoms with Crippen LogP contribution in [0.5, 0.6) is 0 Å². The number of hydrogen-bond acceptors (Lipinski definition) is 3. The second kappa shape index (κ2) is 4.30. The number of nitrogens with one attached hydrogen (secondary N) is 1. The lowest BCUT2D eigenvalue weighted by Gasteiger charge is -2.20. The van der Waals surface area contributed by atoms with E-state index in [4.69, 9.17) is 4.74 Å². The highest BCUT2D eigenvalue weighted by Crippen LogP contribution is 2.45. The number of sulfonamides is 1. The largest absolute Gasteiger partial charge is 0.375 e. The summed E-state index contributed by atoms with van der Waals surface area (Å²) in [5.41, 5.74) is 2.02. The van der Waals surface area contributed by atoms with Gasteiger partial charge in [0.15, 0.2) is 0 Å². The van der Waals surface area contributed by atoms with E-state index in [-0.39, 0.29) is 12.1 Å². The molecular formula is C14H15NO3S. The lowest BCUT2D eigenvalue weighted by Crippen LogP contribution is -2.30. The first-order valence-electron chi connectivity index (χ1n) is 6.03. The Hall–Kier alpha value is -1.43. The maximum Gasteiger partial charge on any atom is 0.209 e. The fourth-order valence-corrected chi connectivity index (χ4v) is 3.57. The van der Waals surface area contributed by atoms with Gasteiger partial charge in [0.2, 0.25) is 10.0 Å². The van der Waals surface area contributed by atoms with Crippen LogP contribution >= 0.6 is 0 Å². The molecule has 4 nitrogen and oxygen atoms in total. The Kier molecular flexibility index (Phi) is 2.85. The van der Waals surface area contributed by atoms with Crippen LogP contribution in [-0.4, -0.2) is 21.8 Å². The SMILES string of the molecule is CO[C@@H]1c2cccc3cccc(c23)[C@@H]1NS(C)(=O)=O. The van der Waals surface area contributed by atoms with Gasteiger partial charge in [-0.05, 0) is 21.9 Å². The van der Waals surface area contributed by atoms with Crippen LogP contribution in [0.25, 0.3) is 10.8 Å². The number of rotatable bonds is 3. The third-order valence-electron chi connectivity index (χ3n) is 3.51. The van der Waals surface area contributed by atoms with Gasteiger partial charge in [-0.3, -0.25) is 0 Å². The Balaban J connectivity index is 2.22. The molecule has 2 atom stereocenters. The second-order valence-corrected chi connectivity index (χ2v) is 6.60. The molecule has 1 aliphatic rings. The zero-order valence-corrected chi connectivity index (χ0v) is 11.6. The van der Waals surface area contributed by atoms with Crippen LogP contribution in [0.15, 0.2) is 36.4 Å². The lowest BCUT2D eigenvalue weighted by atomic mass is 10.1. The normalized spacial score (nSPS) is 22.0. The first-order chi connectivity index (χ1) is 9.01. The molecule has 1 aliphatic carbocycles. The van der Waals surface area contributed by atoms with Crippen LogP contribution in [-0.2, 0) is 14.8 Å². The third-order valence-corrected chi connectivity index (χ3v) is 4.19. The van der Waals surface area contributed by atoms with Crippen LogP contribution in [0, 0.1) is 0 Å². The van der Waals surface area contributed by atoms with Crippen molar-refractivity contribution in [1.82, 2.24) is 4.72 Å². The standard InChI is InChI=1S/C14H15NO3S/c1-18-14-11-8-4-6-9-5-3-7-10(12(9)11)13(14)15-19(2,16)17/h3-8,13-15H,1-2H3/t13-,14+/m0/s1. The summed E-state index contributed by atoms with van der Waals surface area (Å²) in [4.78, 5) is 0. The quantitative estimate of drug-likeness (QED) is 0.935. The van der Waals surface area contributed by atoms with Crippen molar-refractivity contribution in [1.29, 1.82) is 0 Å². The van der Waals surface area contributed by atoms with Crippen LogP contribution in [0.4, 0.5) is 0 Å². The molecule has 5 heteroatoms. The van der Waals surface area contributed by atoms with Crippen LogP contribution in [0.1, 0.15) is 23.3 Å². The molecule has 0 spiro atoms.